The lowest BCUT2D eigenvalue weighted by atomic mass is 9.96. The second kappa shape index (κ2) is 5.33. The summed E-state index contributed by atoms with van der Waals surface area (Å²) in [5.41, 5.74) is 0. The summed E-state index contributed by atoms with van der Waals surface area (Å²) in [7, 11) is -3.10. The van der Waals surface area contributed by atoms with Crippen LogP contribution >= 0.6 is 11.6 Å². The molecule has 0 radical (unpaired) electrons. The summed E-state index contributed by atoms with van der Waals surface area (Å²) in [4.78, 5) is 0. The largest absolute Gasteiger partial charge is 0.212 e. The molecule has 1 rings (SSSR count). The number of halogens is 1. The molecule has 5 heteroatoms. The van der Waals surface area contributed by atoms with Crippen molar-refractivity contribution in [3.05, 3.63) is 0 Å². The van der Waals surface area contributed by atoms with E-state index in [0.29, 0.717) is 6.42 Å². The molecule has 1 aliphatic rings. The Bertz CT molecular complexity index is 266. The molecule has 0 aromatic carbocycles. The van der Waals surface area contributed by atoms with E-state index in [1.165, 1.54) is 0 Å². The Hall–Kier alpha value is 0.200. The van der Waals surface area contributed by atoms with E-state index >= 15 is 0 Å². The first-order valence-corrected chi connectivity index (χ1v) is 7.28. The number of sulfonamides is 1. The van der Waals surface area contributed by atoms with Crippen molar-refractivity contribution in [1.29, 1.82) is 0 Å². The predicted molar refractivity (Wildman–Crippen MR) is 59.1 cm³/mol. The van der Waals surface area contributed by atoms with Crippen LogP contribution in [0.1, 0.15) is 39.0 Å². The number of alkyl halides is 1. The van der Waals surface area contributed by atoms with Crippen LogP contribution < -0.4 is 4.72 Å². The third kappa shape index (κ3) is 3.75. The van der Waals surface area contributed by atoms with E-state index < -0.39 is 10.0 Å². The lowest BCUT2D eigenvalue weighted by Crippen LogP contribution is -2.43. The van der Waals surface area contributed by atoms with Crippen molar-refractivity contribution in [3.63, 3.8) is 0 Å². The third-order valence-electron chi connectivity index (χ3n) is 2.49. The molecule has 1 aliphatic carbocycles. The highest BCUT2D eigenvalue weighted by Gasteiger charge is 2.26. The summed E-state index contributed by atoms with van der Waals surface area (Å²) in [6.07, 6.45) is 4.62. The van der Waals surface area contributed by atoms with Gasteiger partial charge in [0.25, 0.3) is 0 Å². The number of rotatable bonds is 4. The summed E-state index contributed by atoms with van der Waals surface area (Å²) in [6, 6.07) is -0.0537. The molecule has 0 aromatic rings. The van der Waals surface area contributed by atoms with Crippen molar-refractivity contribution in [2.75, 3.05) is 5.75 Å². The number of hydrogen-bond donors (Lipinski definition) is 1. The van der Waals surface area contributed by atoms with Gasteiger partial charge in [-0.2, -0.15) is 0 Å². The fourth-order valence-electron chi connectivity index (χ4n) is 1.78. The van der Waals surface area contributed by atoms with Crippen molar-refractivity contribution < 1.29 is 8.42 Å². The predicted octanol–water partition coefficient (Wildman–Crippen LogP) is 1.87. The SMILES string of the molecule is CCCS(=O)(=O)NC1CCCCC1Cl. The van der Waals surface area contributed by atoms with Gasteiger partial charge in [-0.05, 0) is 19.3 Å². The van der Waals surface area contributed by atoms with Crippen LogP contribution in [0.3, 0.4) is 0 Å². The Morgan fingerprint density at radius 3 is 2.57 bits per heavy atom. The van der Waals surface area contributed by atoms with Gasteiger partial charge in [0, 0.05) is 11.4 Å². The van der Waals surface area contributed by atoms with Crippen molar-refractivity contribution in [1.82, 2.24) is 4.72 Å². The molecule has 1 fully saturated rings. The molecule has 0 aromatic heterocycles. The molecule has 0 spiro atoms. The minimum atomic E-state index is -3.10. The van der Waals surface area contributed by atoms with Crippen molar-refractivity contribution in [3.8, 4) is 0 Å². The molecule has 2 unspecified atom stereocenters. The average Bonchev–Trinajstić information content (AvgIpc) is 2.08. The first-order chi connectivity index (χ1) is 6.55. The van der Waals surface area contributed by atoms with E-state index in [1.807, 2.05) is 6.92 Å². The molecule has 0 bridgehead atoms. The number of nitrogens with one attached hydrogen (secondary N) is 1. The van der Waals surface area contributed by atoms with Crippen molar-refractivity contribution >= 4 is 21.6 Å². The molecule has 1 saturated carbocycles. The summed E-state index contributed by atoms with van der Waals surface area (Å²) in [6.45, 7) is 1.86. The van der Waals surface area contributed by atoms with Gasteiger partial charge in [-0.1, -0.05) is 19.8 Å². The number of hydrogen-bond acceptors (Lipinski definition) is 2. The molecule has 14 heavy (non-hydrogen) atoms. The monoisotopic (exact) mass is 239 g/mol. The van der Waals surface area contributed by atoms with Crippen LogP contribution in [0, 0.1) is 0 Å². The van der Waals surface area contributed by atoms with E-state index in [1.54, 1.807) is 0 Å². The highest BCUT2D eigenvalue weighted by Crippen LogP contribution is 2.23. The molecule has 0 heterocycles. The van der Waals surface area contributed by atoms with E-state index in [0.717, 1.165) is 25.7 Å². The van der Waals surface area contributed by atoms with Gasteiger partial charge < -0.3 is 0 Å². The van der Waals surface area contributed by atoms with E-state index in [4.69, 9.17) is 11.6 Å². The van der Waals surface area contributed by atoms with Crippen LogP contribution in [0.2, 0.25) is 0 Å². The maximum Gasteiger partial charge on any atom is 0.211 e. The summed E-state index contributed by atoms with van der Waals surface area (Å²) in [5.74, 6) is 0.201. The normalized spacial score (nSPS) is 29.0. The van der Waals surface area contributed by atoms with E-state index in [-0.39, 0.29) is 17.2 Å². The zero-order valence-electron chi connectivity index (χ0n) is 8.50. The first kappa shape index (κ1) is 12.3. The molecular weight excluding hydrogens is 222 g/mol. The van der Waals surface area contributed by atoms with Crippen LogP contribution in [-0.4, -0.2) is 25.6 Å². The molecule has 0 aliphatic heterocycles. The average molecular weight is 240 g/mol. The Labute approximate surface area is 91.3 Å². The van der Waals surface area contributed by atoms with E-state index in [2.05, 4.69) is 4.72 Å². The van der Waals surface area contributed by atoms with Gasteiger partial charge in [-0.3, -0.25) is 0 Å². The second-order valence-corrected chi connectivity index (χ2v) is 6.28. The highest BCUT2D eigenvalue weighted by atomic mass is 35.5. The van der Waals surface area contributed by atoms with Gasteiger partial charge in [-0.15, -0.1) is 11.6 Å². The molecular formula is C9H18ClNO2S. The van der Waals surface area contributed by atoms with Crippen molar-refractivity contribution in [2.24, 2.45) is 0 Å². The Morgan fingerprint density at radius 1 is 1.36 bits per heavy atom. The summed E-state index contributed by atoms with van der Waals surface area (Å²) >= 11 is 6.06. The lowest BCUT2D eigenvalue weighted by Gasteiger charge is -2.27. The molecule has 2 atom stereocenters. The third-order valence-corrected chi connectivity index (χ3v) is 4.62. The van der Waals surface area contributed by atoms with Gasteiger partial charge in [-0.25, -0.2) is 13.1 Å². The highest BCUT2D eigenvalue weighted by molar-refractivity contribution is 7.89. The molecule has 1 N–H and O–H groups in total. The van der Waals surface area contributed by atoms with Gasteiger partial charge in [0.15, 0.2) is 0 Å². The van der Waals surface area contributed by atoms with Crippen LogP contribution in [-0.2, 0) is 10.0 Å². The van der Waals surface area contributed by atoms with Gasteiger partial charge >= 0.3 is 0 Å². The topological polar surface area (TPSA) is 46.2 Å². The molecule has 3 nitrogen and oxygen atoms in total. The van der Waals surface area contributed by atoms with Crippen LogP contribution in [0.25, 0.3) is 0 Å². The van der Waals surface area contributed by atoms with Crippen molar-refractivity contribution in [2.45, 2.75) is 50.4 Å². The van der Waals surface area contributed by atoms with Crippen LogP contribution in [0.15, 0.2) is 0 Å². The summed E-state index contributed by atoms with van der Waals surface area (Å²) in [5, 5.41) is -0.0321. The second-order valence-electron chi connectivity index (χ2n) is 3.84. The standard InChI is InChI=1S/C9H18ClNO2S/c1-2-7-14(12,13)11-9-6-4-3-5-8(9)10/h8-9,11H,2-7H2,1H3. The maximum absolute atomic E-state index is 11.5. The van der Waals surface area contributed by atoms with Crippen LogP contribution in [0.5, 0.6) is 0 Å². The minimum absolute atomic E-state index is 0.0321. The Balaban J connectivity index is 2.49. The fourth-order valence-corrected chi connectivity index (χ4v) is 3.59. The molecule has 84 valence electrons. The van der Waals surface area contributed by atoms with E-state index in [9.17, 15) is 8.42 Å². The van der Waals surface area contributed by atoms with Gasteiger partial charge in [0.1, 0.15) is 0 Å². The van der Waals surface area contributed by atoms with Gasteiger partial charge in [0.05, 0.1) is 5.75 Å². The summed E-state index contributed by atoms with van der Waals surface area (Å²) < 4.78 is 25.6. The molecule has 0 saturated heterocycles. The van der Waals surface area contributed by atoms with Crippen LogP contribution in [0.4, 0.5) is 0 Å². The van der Waals surface area contributed by atoms with Gasteiger partial charge in [0.2, 0.25) is 10.0 Å². The Kier molecular flexibility index (Phi) is 4.67. The Morgan fingerprint density at radius 2 is 2.00 bits per heavy atom. The molecule has 0 amide bonds. The quantitative estimate of drug-likeness (QED) is 0.762. The lowest BCUT2D eigenvalue weighted by molar-refractivity contribution is 0.418. The maximum atomic E-state index is 11.5. The smallest absolute Gasteiger partial charge is 0.211 e. The zero-order chi connectivity index (χ0) is 10.6. The minimum Gasteiger partial charge on any atom is -0.212 e. The fraction of sp³-hybridized carbons (Fsp3) is 1.00. The first-order valence-electron chi connectivity index (χ1n) is 5.19. The zero-order valence-corrected chi connectivity index (χ0v) is 10.1.